The van der Waals surface area contributed by atoms with Crippen LogP contribution in [-0.4, -0.2) is 65.8 Å². The number of aliphatic carboxylic acids is 1. The van der Waals surface area contributed by atoms with Crippen molar-refractivity contribution in [1.29, 1.82) is 0 Å². The third-order valence-corrected chi connectivity index (χ3v) is 7.89. The molecular formula is C30H32N2O4. The lowest BCUT2D eigenvalue weighted by Crippen LogP contribution is -2.60. The molecule has 0 atom stereocenters. The molecule has 1 saturated heterocycles. The highest BCUT2D eigenvalue weighted by atomic mass is 16.6. The van der Waals surface area contributed by atoms with Gasteiger partial charge in [-0.15, -0.1) is 0 Å². The van der Waals surface area contributed by atoms with Crippen LogP contribution < -0.4 is 0 Å². The molecule has 1 amide bonds. The van der Waals surface area contributed by atoms with Crippen molar-refractivity contribution < 1.29 is 19.4 Å². The molecule has 0 unspecified atom stereocenters. The van der Waals surface area contributed by atoms with Gasteiger partial charge in [0.25, 0.3) is 0 Å². The molecule has 0 saturated carbocycles. The predicted molar refractivity (Wildman–Crippen MR) is 139 cm³/mol. The van der Waals surface area contributed by atoms with E-state index in [0.29, 0.717) is 25.9 Å². The fraction of sp³-hybridized carbons (Fsp3) is 0.333. The molecule has 3 aromatic carbocycles. The van der Waals surface area contributed by atoms with Gasteiger partial charge in [-0.05, 0) is 47.1 Å². The zero-order valence-electron chi connectivity index (χ0n) is 20.6. The van der Waals surface area contributed by atoms with Crippen molar-refractivity contribution in [2.45, 2.75) is 30.7 Å². The van der Waals surface area contributed by atoms with E-state index in [1.807, 2.05) is 42.5 Å². The molecule has 6 nitrogen and oxygen atoms in total. The smallest absolute Gasteiger partial charge is 0.410 e. The van der Waals surface area contributed by atoms with Crippen LogP contribution in [0.2, 0.25) is 0 Å². The first-order valence-corrected chi connectivity index (χ1v) is 12.6. The quantitative estimate of drug-likeness (QED) is 0.509. The number of carbonyl (C=O) groups excluding carboxylic acids is 1. The van der Waals surface area contributed by atoms with Gasteiger partial charge < -0.3 is 14.7 Å². The second-order valence-electron chi connectivity index (χ2n) is 9.78. The molecule has 5 rings (SSSR count). The molecule has 2 aliphatic rings. The van der Waals surface area contributed by atoms with Gasteiger partial charge in [-0.1, -0.05) is 78.9 Å². The highest BCUT2D eigenvalue weighted by molar-refractivity contribution is 5.85. The second kappa shape index (κ2) is 10.2. The largest absolute Gasteiger partial charge is 0.479 e. The van der Waals surface area contributed by atoms with Gasteiger partial charge in [0.2, 0.25) is 0 Å². The van der Waals surface area contributed by atoms with Crippen molar-refractivity contribution in [1.82, 2.24) is 9.80 Å². The van der Waals surface area contributed by atoms with E-state index >= 15 is 0 Å². The summed E-state index contributed by atoms with van der Waals surface area (Å²) < 4.78 is 5.77. The molecule has 0 aromatic heterocycles. The number of benzene rings is 3. The summed E-state index contributed by atoms with van der Waals surface area (Å²) in [6.45, 7) is 2.30. The van der Waals surface area contributed by atoms with E-state index < -0.39 is 17.6 Å². The fourth-order valence-corrected chi connectivity index (χ4v) is 5.64. The molecule has 3 aromatic rings. The van der Waals surface area contributed by atoms with Crippen molar-refractivity contribution in [3.8, 4) is 11.1 Å². The molecular weight excluding hydrogens is 452 g/mol. The summed E-state index contributed by atoms with van der Waals surface area (Å²) in [6, 6.07) is 26.6. The van der Waals surface area contributed by atoms with Gasteiger partial charge in [0, 0.05) is 32.6 Å². The van der Waals surface area contributed by atoms with Crippen molar-refractivity contribution >= 4 is 12.1 Å². The first kappa shape index (κ1) is 24.1. The summed E-state index contributed by atoms with van der Waals surface area (Å²) in [6.07, 6.45) is 1.08. The van der Waals surface area contributed by atoms with Gasteiger partial charge in [-0.3, -0.25) is 4.90 Å². The topological polar surface area (TPSA) is 70.1 Å². The number of rotatable bonds is 7. The Balaban J connectivity index is 1.22. The monoisotopic (exact) mass is 484 g/mol. The molecule has 36 heavy (non-hydrogen) atoms. The number of carboxylic acid groups (broad SMARTS) is 1. The number of carboxylic acids is 1. The normalized spacial score (nSPS) is 16.7. The Bertz CT molecular complexity index is 1190. The van der Waals surface area contributed by atoms with Gasteiger partial charge >= 0.3 is 12.1 Å². The van der Waals surface area contributed by atoms with Crippen LogP contribution in [0.25, 0.3) is 11.1 Å². The highest BCUT2D eigenvalue weighted by Crippen LogP contribution is 2.44. The van der Waals surface area contributed by atoms with Gasteiger partial charge in [0.05, 0.1) is 0 Å². The molecule has 0 radical (unpaired) electrons. The molecule has 0 bridgehead atoms. The number of ether oxygens (including phenoxy) is 1. The Kier molecular flexibility index (Phi) is 6.79. The number of hydrogen-bond donors (Lipinski definition) is 1. The van der Waals surface area contributed by atoms with Gasteiger partial charge in [0.1, 0.15) is 12.1 Å². The average Bonchev–Trinajstić information content (AvgIpc) is 3.24. The third-order valence-electron chi connectivity index (χ3n) is 7.89. The standard InChI is InChI=1S/C30H32N2O4/c1-31(30(28(33)34)16-19-32(20-17-30)18-15-22-9-3-2-4-10-22)29(35)36-21-27-25-13-7-5-11-23(25)24-12-6-8-14-26(24)27/h2-14,27H,15-21H2,1H3,(H,33,34). The van der Waals surface area contributed by atoms with Crippen molar-refractivity contribution in [2.75, 3.05) is 33.3 Å². The third kappa shape index (κ3) is 4.49. The van der Waals surface area contributed by atoms with Gasteiger partial charge in [-0.25, -0.2) is 9.59 Å². The lowest BCUT2D eigenvalue weighted by Gasteiger charge is -2.43. The lowest BCUT2D eigenvalue weighted by molar-refractivity contribution is -0.153. The average molecular weight is 485 g/mol. The summed E-state index contributed by atoms with van der Waals surface area (Å²) in [7, 11) is 1.56. The maximum absolute atomic E-state index is 13.2. The Hall–Kier alpha value is -3.64. The number of likely N-dealkylation sites (tertiary alicyclic amines) is 1. The number of carbonyl (C=O) groups is 2. The molecule has 1 heterocycles. The van der Waals surface area contributed by atoms with Crippen LogP contribution in [0.15, 0.2) is 78.9 Å². The number of hydrogen-bond acceptors (Lipinski definition) is 4. The number of piperidine rings is 1. The van der Waals surface area contributed by atoms with E-state index in [2.05, 4.69) is 41.3 Å². The van der Waals surface area contributed by atoms with E-state index in [0.717, 1.165) is 35.2 Å². The molecule has 1 aliphatic carbocycles. The fourth-order valence-electron chi connectivity index (χ4n) is 5.64. The minimum Gasteiger partial charge on any atom is -0.479 e. The highest BCUT2D eigenvalue weighted by Gasteiger charge is 2.47. The molecule has 1 fully saturated rings. The first-order valence-electron chi connectivity index (χ1n) is 12.6. The first-order chi connectivity index (χ1) is 17.5. The van der Waals surface area contributed by atoms with E-state index in [1.165, 1.54) is 10.5 Å². The van der Waals surface area contributed by atoms with Crippen LogP contribution in [0.5, 0.6) is 0 Å². The van der Waals surface area contributed by atoms with Crippen LogP contribution >= 0.6 is 0 Å². The van der Waals surface area contributed by atoms with Crippen molar-refractivity contribution in [3.05, 3.63) is 95.6 Å². The number of amides is 1. The second-order valence-corrected chi connectivity index (χ2v) is 9.78. The Labute approximate surface area is 212 Å². The Morgan fingerprint density at radius 2 is 1.47 bits per heavy atom. The molecule has 186 valence electrons. The van der Waals surface area contributed by atoms with Crippen LogP contribution in [-0.2, 0) is 16.0 Å². The van der Waals surface area contributed by atoms with Gasteiger partial charge in [0.15, 0.2) is 0 Å². The minimum atomic E-state index is -1.26. The summed E-state index contributed by atoms with van der Waals surface area (Å²) in [5.41, 5.74) is 4.59. The summed E-state index contributed by atoms with van der Waals surface area (Å²) in [4.78, 5) is 29.2. The van der Waals surface area contributed by atoms with E-state index in [1.54, 1.807) is 7.05 Å². The molecule has 0 spiro atoms. The SMILES string of the molecule is CN(C(=O)OCC1c2ccccc2-c2ccccc21)C1(C(=O)O)CCN(CCc2ccccc2)CC1. The molecule has 1 N–H and O–H groups in total. The summed E-state index contributed by atoms with van der Waals surface area (Å²) in [5, 5.41) is 10.2. The zero-order valence-corrected chi connectivity index (χ0v) is 20.6. The maximum Gasteiger partial charge on any atom is 0.410 e. The zero-order chi connectivity index (χ0) is 25.1. The predicted octanol–water partition coefficient (Wildman–Crippen LogP) is 5.03. The summed E-state index contributed by atoms with van der Waals surface area (Å²) >= 11 is 0. The molecule has 1 aliphatic heterocycles. The summed E-state index contributed by atoms with van der Waals surface area (Å²) in [5.74, 6) is -1.03. The van der Waals surface area contributed by atoms with Gasteiger partial charge in [-0.2, -0.15) is 0 Å². The van der Waals surface area contributed by atoms with Crippen LogP contribution in [0.4, 0.5) is 4.79 Å². The van der Waals surface area contributed by atoms with Crippen LogP contribution in [0.3, 0.4) is 0 Å². The number of nitrogens with zero attached hydrogens (tertiary/aromatic N) is 2. The maximum atomic E-state index is 13.2. The van der Waals surface area contributed by atoms with Crippen LogP contribution in [0.1, 0.15) is 35.4 Å². The van der Waals surface area contributed by atoms with E-state index in [4.69, 9.17) is 4.74 Å². The molecule has 6 heteroatoms. The Morgan fingerprint density at radius 3 is 2.06 bits per heavy atom. The van der Waals surface area contributed by atoms with E-state index in [9.17, 15) is 14.7 Å². The Morgan fingerprint density at radius 1 is 0.917 bits per heavy atom. The van der Waals surface area contributed by atoms with Crippen molar-refractivity contribution in [3.63, 3.8) is 0 Å². The number of fused-ring (bicyclic) bond motifs is 3. The number of likely N-dealkylation sites (N-methyl/N-ethyl adjacent to an activating group) is 1. The minimum absolute atomic E-state index is 0.0599. The van der Waals surface area contributed by atoms with Crippen molar-refractivity contribution in [2.24, 2.45) is 0 Å². The van der Waals surface area contributed by atoms with E-state index in [-0.39, 0.29) is 12.5 Å². The lowest BCUT2D eigenvalue weighted by atomic mass is 9.86. The van der Waals surface area contributed by atoms with Crippen LogP contribution in [0, 0.1) is 0 Å².